The number of thiazole rings is 1. The van der Waals surface area contributed by atoms with Gasteiger partial charge in [0.1, 0.15) is 11.5 Å². The number of fused-ring (bicyclic) bond motifs is 1. The van der Waals surface area contributed by atoms with E-state index in [4.69, 9.17) is 25.5 Å². The number of carbonyl (C=O) groups is 1. The number of carbonyl (C=O) groups excluding carboxylic acids is 1. The van der Waals surface area contributed by atoms with Gasteiger partial charge in [-0.15, -0.1) is 11.3 Å². The second-order valence-electron chi connectivity index (χ2n) is 8.93. The molecule has 0 bridgehead atoms. The van der Waals surface area contributed by atoms with E-state index in [0.29, 0.717) is 23.0 Å². The van der Waals surface area contributed by atoms with Gasteiger partial charge in [0, 0.05) is 49.5 Å². The predicted molar refractivity (Wildman–Crippen MR) is 144 cm³/mol. The summed E-state index contributed by atoms with van der Waals surface area (Å²) in [6, 6.07) is 9.24. The predicted octanol–water partition coefficient (Wildman–Crippen LogP) is 3.73. The summed E-state index contributed by atoms with van der Waals surface area (Å²) in [4.78, 5) is 34.6. The molecule has 0 aliphatic carbocycles. The third kappa shape index (κ3) is 5.22. The number of nitrogens with zero attached hydrogens (tertiary/aromatic N) is 4. The maximum absolute atomic E-state index is 12.8. The van der Waals surface area contributed by atoms with Crippen molar-refractivity contribution in [1.82, 2.24) is 14.3 Å². The number of ether oxygens (including phenoxy) is 2. The van der Waals surface area contributed by atoms with Crippen molar-refractivity contribution in [3.63, 3.8) is 0 Å². The summed E-state index contributed by atoms with van der Waals surface area (Å²) < 4.78 is 18.0. The first-order valence-corrected chi connectivity index (χ1v) is 13.3. The van der Waals surface area contributed by atoms with Crippen LogP contribution in [-0.2, 0) is 16.1 Å². The van der Waals surface area contributed by atoms with Crippen molar-refractivity contribution in [1.29, 1.82) is 0 Å². The Hall–Kier alpha value is -3.54. The SMILES string of the molecule is COC(=O)C[C@@H](c1oc(CN2CCN(c3ccc(OC)cc3)CC2)cc(=O)c1O)c1c(Cl)nc2sccn12. The number of aromatic nitrogens is 2. The summed E-state index contributed by atoms with van der Waals surface area (Å²) in [6.07, 6.45) is 1.57. The Kier molecular flexibility index (Phi) is 7.59. The lowest BCUT2D eigenvalue weighted by Crippen LogP contribution is -2.46. The van der Waals surface area contributed by atoms with Crippen LogP contribution in [0.3, 0.4) is 0 Å². The van der Waals surface area contributed by atoms with Crippen LogP contribution in [0.1, 0.15) is 29.6 Å². The Morgan fingerprint density at radius 2 is 1.95 bits per heavy atom. The minimum Gasteiger partial charge on any atom is -0.502 e. The normalized spacial score (nSPS) is 15.1. The highest BCUT2D eigenvalue weighted by Crippen LogP contribution is 2.38. The van der Waals surface area contributed by atoms with Gasteiger partial charge in [0.25, 0.3) is 0 Å². The first-order chi connectivity index (χ1) is 18.4. The number of anilines is 1. The monoisotopic (exact) mass is 558 g/mol. The number of piperazine rings is 1. The van der Waals surface area contributed by atoms with Gasteiger partial charge in [0.2, 0.25) is 11.2 Å². The minimum absolute atomic E-state index is 0.0373. The van der Waals surface area contributed by atoms with Gasteiger partial charge in [0.15, 0.2) is 15.9 Å². The zero-order chi connectivity index (χ0) is 26.8. The molecule has 10 nitrogen and oxygen atoms in total. The van der Waals surface area contributed by atoms with Crippen LogP contribution in [-0.4, -0.2) is 65.8 Å². The Balaban J connectivity index is 1.39. The maximum Gasteiger partial charge on any atom is 0.306 e. The third-order valence-corrected chi connectivity index (χ3v) is 7.72. The van der Waals surface area contributed by atoms with E-state index in [1.807, 2.05) is 29.6 Å². The molecule has 1 aliphatic heterocycles. The van der Waals surface area contributed by atoms with Crippen molar-refractivity contribution in [2.24, 2.45) is 0 Å². The van der Waals surface area contributed by atoms with Gasteiger partial charge in [-0.25, -0.2) is 4.98 Å². The van der Waals surface area contributed by atoms with Crippen LogP contribution in [0.2, 0.25) is 5.15 Å². The van der Waals surface area contributed by atoms with Crippen LogP contribution in [0.4, 0.5) is 5.69 Å². The van der Waals surface area contributed by atoms with Crippen molar-refractivity contribution >= 4 is 39.6 Å². The molecule has 0 amide bonds. The molecule has 0 saturated carbocycles. The van der Waals surface area contributed by atoms with Gasteiger partial charge < -0.3 is 23.9 Å². The van der Waals surface area contributed by atoms with E-state index >= 15 is 0 Å². The van der Waals surface area contributed by atoms with Crippen LogP contribution in [0.15, 0.2) is 51.1 Å². The number of benzene rings is 1. The molecular formula is C26H27ClN4O6S. The van der Waals surface area contributed by atoms with Crippen LogP contribution in [0, 0.1) is 0 Å². The van der Waals surface area contributed by atoms with Crippen molar-refractivity contribution in [3.8, 4) is 11.5 Å². The van der Waals surface area contributed by atoms with Gasteiger partial charge in [0.05, 0.1) is 38.8 Å². The van der Waals surface area contributed by atoms with E-state index in [1.165, 1.54) is 24.5 Å². The summed E-state index contributed by atoms with van der Waals surface area (Å²) in [5.41, 5.74) is 0.971. The molecule has 0 radical (unpaired) electrons. The van der Waals surface area contributed by atoms with Crippen LogP contribution in [0.5, 0.6) is 11.5 Å². The van der Waals surface area contributed by atoms with Gasteiger partial charge in [-0.3, -0.25) is 18.9 Å². The highest BCUT2D eigenvalue weighted by atomic mass is 35.5. The lowest BCUT2D eigenvalue weighted by Gasteiger charge is -2.36. The molecule has 1 N–H and O–H groups in total. The fourth-order valence-corrected chi connectivity index (χ4v) is 5.77. The summed E-state index contributed by atoms with van der Waals surface area (Å²) >= 11 is 7.82. The molecule has 0 unspecified atom stereocenters. The molecule has 12 heteroatoms. The molecule has 1 atom stereocenters. The molecule has 0 spiro atoms. The third-order valence-electron chi connectivity index (χ3n) is 6.69. The Labute approximate surface area is 227 Å². The van der Waals surface area contributed by atoms with E-state index in [9.17, 15) is 14.7 Å². The van der Waals surface area contributed by atoms with Crippen LogP contribution in [0.25, 0.3) is 4.96 Å². The Morgan fingerprint density at radius 3 is 2.63 bits per heavy atom. The topological polar surface area (TPSA) is 110 Å². The van der Waals surface area contributed by atoms with E-state index in [2.05, 4.69) is 14.8 Å². The van der Waals surface area contributed by atoms with Gasteiger partial charge in [-0.05, 0) is 24.3 Å². The fraction of sp³-hybridized carbons (Fsp3) is 0.346. The summed E-state index contributed by atoms with van der Waals surface area (Å²) in [5.74, 6) is -0.818. The van der Waals surface area contributed by atoms with Crippen molar-refractivity contribution in [2.45, 2.75) is 18.9 Å². The molecule has 5 rings (SSSR count). The van der Waals surface area contributed by atoms with Crippen LogP contribution < -0.4 is 15.1 Å². The number of aromatic hydroxyl groups is 1. The number of imidazole rings is 1. The summed E-state index contributed by atoms with van der Waals surface area (Å²) in [5, 5.41) is 12.7. The Morgan fingerprint density at radius 1 is 1.21 bits per heavy atom. The van der Waals surface area contributed by atoms with E-state index in [0.717, 1.165) is 37.6 Å². The minimum atomic E-state index is -0.876. The molecule has 4 aromatic rings. The summed E-state index contributed by atoms with van der Waals surface area (Å²) in [7, 11) is 2.92. The van der Waals surface area contributed by atoms with E-state index in [1.54, 1.807) is 17.7 Å². The van der Waals surface area contributed by atoms with Crippen LogP contribution >= 0.6 is 22.9 Å². The standard InChI is InChI=1S/C26H27ClN4O6S/c1-35-17-5-3-16(4-6-17)30-9-7-29(8-10-30)15-18-13-20(32)23(34)24(37-18)19(14-21(33)36-2)22-25(27)28-26-31(22)11-12-38-26/h3-6,11-13,19,34H,7-10,14-15H2,1-2H3/t19-/m1/s1. The number of hydrogen-bond donors (Lipinski definition) is 1. The maximum atomic E-state index is 12.8. The largest absolute Gasteiger partial charge is 0.502 e. The number of esters is 1. The highest BCUT2D eigenvalue weighted by molar-refractivity contribution is 7.15. The molecular weight excluding hydrogens is 532 g/mol. The molecule has 200 valence electrons. The molecule has 4 heterocycles. The van der Waals surface area contributed by atoms with Crippen molar-refractivity contribution in [2.75, 3.05) is 45.3 Å². The molecule has 1 saturated heterocycles. The number of halogens is 1. The number of rotatable bonds is 8. The first kappa shape index (κ1) is 26.1. The smallest absolute Gasteiger partial charge is 0.306 e. The Bertz CT molecular complexity index is 1490. The quantitative estimate of drug-likeness (QED) is 0.323. The van der Waals surface area contributed by atoms with Gasteiger partial charge in [-0.1, -0.05) is 11.6 Å². The lowest BCUT2D eigenvalue weighted by atomic mass is 9.97. The molecule has 1 fully saturated rings. The fourth-order valence-electron chi connectivity index (χ4n) is 4.70. The average Bonchev–Trinajstić information content (AvgIpc) is 3.50. The van der Waals surface area contributed by atoms with E-state index in [-0.39, 0.29) is 17.3 Å². The van der Waals surface area contributed by atoms with E-state index < -0.39 is 23.1 Å². The first-order valence-electron chi connectivity index (χ1n) is 12.0. The molecule has 1 aromatic carbocycles. The zero-order valence-corrected chi connectivity index (χ0v) is 22.5. The zero-order valence-electron chi connectivity index (χ0n) is 20.9. The number of methoxy groups -OCH3 is 2. The molecule has 38 heavy (non-hydrogen) atoms. The van der Waals surface area contributed by atoms with Gasteiger partial charge >= 0.3 is 5.97 Å². The van der Waals surface area contributed by atoms with Crippen molar-refractivity contribution in [3.05, 3.63) is 74.5 Å². The lowest BCUT2D eigenvalue weighted by molar-refractivity contribution is -0.141. The average molecular weight is 559 g/mol. The van der Waals surface area contributed by atoms with Gasteiger partial charge in [-0.2, -0.15) is 0 Å². The number of hydrogen-bond acceptors (Lipinski definition) is 10. The molecule has 1 aliphatic rings. The second kappa shape index (κ2) is 11.1. The van der Waals surface area contributed by atoms with Crippen molar-refractivity contribution < 1.29 is 23.8 Å². The highest BCUT2D eigenvalue weighted by Gasteiger charge is 2.32. The molecule has 3 aromatic heterocycles. The second-order valence-corrected chi connectivity index (χ2v) is 10.2. The summed E-state index contributed by atoms with van der Waals surface area (Å²) in [6.45, 7) is 3.48.